The number of benzene rings is 1. The Morgan fingerprint density at radius 2 is 1.89 bits per heavy atom. The summed E-state index contributed by atoms with van der Waals surface area (Å²) in [6, 6.07) is 10.2. The predicted molar refractivity (Wildman–Crippen MR) is 73.7 cm³/mol. The Hall–Kier alpha value is -1.84. The first-order valence-corrected chi connectivity index (χ1v) is 6.26. The smallest absolute Gasteiger partial charge is 0.155 e. The molecule has 0 atom stereocenters. The first kappa shape index (κ1) is 12.6. The Bertz CT molecular complexity index is 482. The van der Waals surface area contributed by atoms with E-state index in [-0.39, 0.29) is 5.41 Å². The molecule has 0 amide bonds. The van der Waals surface area contributed by atoms with Gasteiger partial charge in [0.05, 0.1) is 0 Å². The fraction of sp³-hybridized carbons (Fsp3) is 0.429. The number of rotatable bonds is 4. The van der Waals surface area contributed by atoms with Crippen LogP contribution in [0.4, 0.5) is 5.69 Å². The van der Waals surface area contributed by atoms with E-state index in [1.807, 2.05) is 18.2 Å². The van der Waals surface area contributed by atoms with Gasteiger partial charge in [-0.3, -0.25) is 5.10 Å². The molecule has 0 saturated carbocycles. The molecule has 4 nitrogen and oxygen atoms in total. The van der Waals surface area contributed by atoms with Crippen molar-refractivity contribution in [3.05, 3.63) is 42.0 Å². The fourth-order valence-corrected chi connectivity index (χ4v) is 1.62. The van der Waals surface area contributed by atoms with Gasteiger partial charge in [-0.15, -0.1) is 0 Å². The molecule has 0 aliphatic carbocycles. The molecule has 2 rings (SSSR count). The third-order valence-corrected chi connectivity index (χ3v) is 2.67. The number of nitrogens with zero attached hydrogens (tertiary/aromatic N) is 2. The van der Waals surface area contributed by atoms with Crippen LogP contribution in [0.2, 0.25) is 0 Å². The van der Waals surface area contributed by atoms with E-state index in [0.717, 1.165) is 30.3 Å². The number of hydrogen-bond donors (Lipinski definition) is 2. The Kier molecular flexibility index (Phi) is 3.65. The third kappa shape index (κ3) is 3.32. The summed E-state index contributed by atoms with van der Waals surface area (Å²) < 4.78 is 0. The van der Waals surface area contributed by atoms with Crippen molar-refractivity contribution in [1.82, 2.24) is 15.2 Å². The molecule has 1 heterocycles. The fourth-order valence-electron chi connectivity index (χ4n) is 1.62. The molecular formula is C14H20N4. The van der Waals surface area contributed by atoms with Crippen LogP contribution in [0.1, 0.15) is 32.4 Å². The maximum atomic E-state index is 4.51. The van der Waals surface area contributed by atoms with Gasteiger partial charge in [0.1, 0.15) is 5.82 Å². The van der Waals surface area contributed by atoms with Gasteiger partial charge in [-0.2, -0.15) is 5.10 Å². The van der Waals surface area contributed by atoms with Crippen molar-refractivity contribution in [2.45, 2.75) is 32.6 Å². The van der Waals surface area contributed by atoms with Gasteiger partial charge in [0, 0.05) is 24.1 Å². The molecule has 96 valence electrons. The lowest BCUT2D eigenvalue weighted by atomic mass is 9.96. The molecule has 18 heavy (non-hydrogen) atoms. The zero-order chi connectivity index (χ0) is 13.0. The molecule has 0 saturated heterocycles. The number of hydrogen-bond acceptors (Lipinski definition) is 3. The van der Waals surface area contributed by atoms with Gasteiger partial charge in [-0.25, -0.2) is 4.98 Å². The third-order valence-electron chi connectivity index (χ3n) is 2.67. The minimum Gasteiger partial charge on any atom is -0.385 e. The second kappa shape index (κ2) is 5.21. The summed E-state index contributed by atoms with van der Waals surface area (Å²) in [4.78, 5) is 4.51. The van der Waals surface area contributed by atoms with E-state index in [4.69, 9.17) is 0 Å². The second-order valence-electron chi connectivity index (χ2n) is 5.40. The number of aromatic nitrogens is 3. The first-order chi connectivity index (χ1) is 8.55. The first-order valence-electron chi connectivity index (χ1n) is 6.26. The van der Waals surface area contributed by atoms with Gasteiger partial charge in [0.2, 0.25) is 0 Å². The van der Waals surface area contributed by atoms with Crippen LogP contribution in [0, 0.1) is 0 Å². The standard InChI is InChI=1S/C14H20N4/c1-14(2,3)13-16-12(17-18-13)9-10-15-11-7-5-4-6-8-11/h4-8,15H,9-10H2,1-3H3,(H,16,17,18). The molecule has 0 fully saturated rings. The highest BCUT2D eigenvalue weighted by atomic mass is 15.2. The predicted octanol–water partition coefficient (Wildman–Crippen LogP) is 2.76. The topological polar surface area (TPSA) is 53.6 Å². The highest BCUT2D eigenvalue weighted by Crippen LogP contribution is 2.17. The number of aromatic amines is 1. The Balaban J connectivity index is 1.86. The minimum atomic E-state index is 0.00160. The Morgan fingerprint density at radius 3 is 2.50 bits per heavy atom. The van der Waals surface area contributed by atoms with Gasteiger partial charge >= 0.3 is 0 Å². The van der Waals surface area contributed by atoms with Gasteiger partial charge in [0.15, 0.2) is 5.82 Å². The van der Waals surface area contributed by atoms with Crippen molar-refractivity contribution < 1.29 is 0 Å². The van der Waals surface area contributed by atoms with Gasteiger partial charge in [-0.05, 0) is 12.1 Å². The SMILES string of the molecule is CC(C)(C)c1n[nH]c(CCNc2ccccc2)n1. The molecule has 0 aliphatic rings. The van der Waals surface area contributed by atoms with Crippen LogP contribution in [-0.2, 0) is 11.8 Å². The van der Waals surface area contributed by atoms with Crippen LogP contribution in [0.25, 0.3) is 0 Å². The van der Waals surface area contributed by atoms with Crippen LogP contribution >= 0.6 is 0 Å². The van der Waals surface area contributed by atoms with Crippen molar-refractivity contribution >= 4 is 5.69 Å². The summed E-state index contributed by atoms with van der Waals surface area (Å²) in [5.74, 6) is 1.81. The molecular weight excluding hydrogens is 224 g/mol. The zero-order valence-electron chi connectivity index (χ0n) is 11.2. The zero-order valence-corrected chi connectivity index (χ0v) is 11.2. The molecule has 0 unspecified atom stereocenters. The molecule has 0 aliphatic heterocycles. The van der Waals surface area contributed by atoms with E-state index in [2.05, 4.69) is 53.4 Å². The summed E-state index contributed by atoms with van der Waals surface area (Å²) >= 11 is 0. The molecule has 4 heteroatoms. The van der Waals surface area contributed by atoms with Crippen LogP contribution in [0.15, 0.2) is 30.3 Å². The number of nitrogens with one attached hydrogen (secondary N) is 2. The summed E-state index contributed by atoms with van der Waals surface area (Å²) in [6.45, 7) is 7.19. The Morgan fingerprint density at radius 1 is 1.17 bits per heavy atom. The highest BCUT2D eigenvalue weighted by Gasteiger charge is 2.18. The van der Waals surface area contributed by atoms with Crippen LogP contribution in [0.3, 0.4) is 0 Å². The van der Waals surface area contributed by atoms with E-state index in [0.29, 0.717) is 0 Å². The molecule has 1 aromatic carbocycles. The van der Waals surface area contributed by atoms with Gasteiger partial charge in [0.25, 0.3) is 0 Å². The average molecular weight is 244 g/mol. The second-order valence-corrected chi connectivity index (χ2v) is 5.40. The molecule has 2 aromatic rings. The summed E-state index contributed by atoms with van der Waals surface area (Å²) in [5, 5.41) is 10.6. The van der Waals surface area contributed by atoms with Crippen molar-refractivity contribution in [3.8, 4) is 0 Å². The van der Waals surface area contributed by atoms with Crippen molar-refractivity contribution in [2.24, 2.45) is 0 Å². The molecule has 1 aromatic heterocycles. The van der Waals surface area contributed by atoms with Crippen LogP contribution < -0.4 is 5.32 Å². The van der Waals surface area contributed by atoms with Crippen LogP contribution in [-0.4, -0.2) is 21.7 Å². The van der Waals surface area contributed by atoms with Gasteiger partial charge in [-0.1, -0.05) is 39.0 Å². The molecule has 0 radical (unpaired) electrons. The van der Waals surface area contributed by atoms with E-state index >= 15 is 0 Å². The van der Waals surface area contributed by atoms with E-state index in [9.17, 15) is 0 Å². The maximum absolute atomic E-state index is 4.51. The quantitative estimate of drug-likeness (QED) is 0.869. The number of anilines is 1. The van der Waals surface area contributed by atoms with Crippen molar-refractivity contribution in [2.75, 3.05) is 11.9 Å². The number of H-pyrrole nitrogens is 1. The average Bonchev–Trinajstić information content (AvgIpc) is 2.79. The molecule has 2 N–H and O–H groups in total. The van der Waals surface area contributed by atoms with Crippen molar-refractivity contribution in [3.63, 3.8) is 0 Å². The normalized spacial score (nSPS) is 11.5. The van der Waals surface area contributed by atoms with Crippen LogP contribution in [0.5, 0.6) is 0 Å². The lowest BCUT2D eigenvalue weighted by Gasteiger charge is -2.11. The summed E-state index contributed by atoms with van der Waals surface area (Å²) in [6.07, 6.45) is 0.845. The Labute approximate surface area is 108 Å². The van der Waals surface area contributed by atoms with Gasteiger partial charge < -0.3 is 5.32 Å². The molecule has 0 spiro atoms. The van der Waals surface area contributed by atoms with E-state index < -0.39 is 0 Å². The van der Waals surface area contributed by atoms with Crippen molar-refractivity contribution in [1.29, 1.82) is 0 Å². The number of para-hydroxylation sites is 1. The largest absolute Gasteiger partial charge is 0.385 e. The summed E-state index contributed by atoms with van der Waals surface area (Å²) in [7, 11) is 0. The minimum absolute atomic E-state index is 0.00160. The molecule has 0 bridgehead atoms. The van der Waals surface area contributed by atoms with E-state index in [1.165, 1.54) is 0 Å². The maximum Gasteiger partial charge on any atom is 0.155 e. The van der Waals surface area contributed by atoms with E-state index in [1.54, 1.807) is 0 Å². The lowest BCUT2D eigenvalue weighted by Crippen LogP contribution is -2.13. The monoisotopic (exact) mass is 244 g/mol. The lowest BCUT2D eigenvalue weighted by molar-refractivity contribution is 0.547. The summed E-state index contributed by atoms with van der Waals surface area (Å²) in [5.41, 5.74) is 1.13. The highest BCUT2D eigenvalue weighted by molar-refractivity contribution is 5.42.